The minimum Gasteiger partial charge on any atom is -0.507 e. The van der Waals surface area contributed by atoms with E-state index in [4.69, 9.17) is 9.47 Å². The van der Waals surface area contributed by atoms with Gasteiger partial charge < -0.3 is 25.0 Å². The van der Waals surface area contributed by atoms with Crippen molar-refractivity contribution < 1.29 is 24.5 Å². The highest BCUT2D eigenvalue weighted by Gasteiger charge is 2.15. The minimum atomic E-state index is -0.554. The maximum absolute atomic E-state index is 11.5. The van der Waals surface area contributed by atoms with Crippen LogP contribution < -0.4 is 10.1 Å². The molecular weight excluding hydrogens is 322 g/mol. The number of carbonyl (C=O) groups excluding carboxylic acids is 1. The van der Waals surface area contributed by atoms with Crippen LogP contribution in [0.3, 0.4) is 0 Å². The summed E-state index contributed by atoms with van der Waals surface area (Å²) in [6.45, 7) is 5.78. The molecule has 0 aromatic heterocycles. The summed E-state index contributed by atoms with van der Waals surface area (Å²) in [4.78, 5) is 11.5. The molecule has 0 aliphatic heterocycles. The SMILES string of the molecule is CC(C)(C)OC(=O)NCCOc1ccc(-c2ccccc2O)cc1O. The number of aromatic hydroxyl groups is 2. The highest BCUT2D eigenvalue weighted by molar-refractivity contribution is 5.72. The number of hydrogen-bond acceptors (Lipinski definition) is 5. The van der Waals surface area contributed by atoms with Crippen LogP contribution in [0, 0.1) is 0 Å². The fraction of sp³-hybridized carbons (Fsp3) is 0.316. The van der Waals surface area contributed by atoms with Gasteiger partial charge in [0.05, 0.1) is 6.54 Å². The van der Waals surface area contributed by atoms with Crippen molar-refractivity contribution in [2.75, 3.05) is 13.2 Å². The van der Waals surface area contributed by atoms with E-state index in [0.29, 0.717) is 16.9 Å². The number of para-hydroxylation sites is 1. The summed E-state index contributed by atoms with van der Waals surface area (Å²) < 4.78 is 10.6. The second-order valence-corrected chi connectivity index (χ2v) is 6.48. The molecule has 2 rings (SSSR count). The fourth-order valence-electron chi connectivity index (χ4n) is 2.15. The van der Waals surface area contributed by atoms with Gasteiger partial charge in [-0.3, -0.25) is 0 Å². The third kappa shape index (κ3) is 5.60. The number of nitrogens with one attached hydrogen (secondary N) is 1. The normalized spacial score (nSPS) is 11.0. The first kappa shape index (κ1) is 18.4. The molecule has 134 valence electrons. The van der Waals surface area contributed by atoms with Gasteiger partial charge in [0.1, 0.15) is 18.0 Å². The number of carbonyl (C=O) groups is 1. The molecule has 6 nitrogen and oxygen atoms in total. The van der Waals surface area contributed by atoms with Gasteiger partial charge >= 0.3 is 6.09 Å². The van der Waals surface area contributed by atoms with Crippen LogP contribution in [0.5, 0.6) is 17.2 Å². The van der Waals surface area contributed by atoms with E-state index < -0.39 is 11.7 Å². The highest BCUT2D eigenvalue weighted by Crippen LogP contribution is 2.35. The Morgan fingerprint density at radius 2 is 1.80 bits per heavy atom. The van der Waals surface area contributed by atoms with Crippen molar-refractivity contribution in [3.05, 3.63) is 42.5 Å². The summed E-state index contributed by atoms with van der Waals surface area (Å²) in [6.07, 6.45) is -0.518. The summed E-state index contributed by atoms with van der Waals surface area (Å²) >= 11 is 0. The average molecular weight is 345 g/mol. The lowest BCUT2D eigenvalue weighted by atomic mass is 10.0. The lowest BCUT2D eigenvalue weighted by molar-refractivity contribution is 0.0520. The monoisotopic (exact) mass is 345 g/mol. The minimum absolute atomic E-state index is 0.0435. The van der Waals surface area contributed by atoms with Crippen LogP contribution in [0.15, 0.2) is 42.5 Å². The van der Waals surface area contributed by atoms with Gasteiger partial charge in [-0.05, 0) is 44.5 Å². The molecule has 2 aromatic rings. The molecule has 0 unspecified atom stereocenters. The van der Waals surface area contributed by atoms with E-state index >= 15 is 0 Å². The van der Waals surface area contributed by atoms with Crippen molar-refractivity contribution in [1.82, 2.24) is 5.32 Å². The third-order valence-electron chi connectivity index (χ3n) is 3.20. The van der Waals surface area contributed by atoms with Gasteiger partial charge in [-0.1, -0.05) is 24.3 Å². The van der Waals surface area contributed by atoms with Gasteiger partial charge in [0.25, 0.3) is 0 Å². The molecular formula is C19H23NO5. The van der Waals surface area contributed by atoms with Gasteiger partial charge in [-0.2, -0.15) is 0 Å². The molecule has 0 aliphatic carbocycles. The Kier molecular flexibility index (Phi) is 5.75. The third-order valence-corrected chi connectivity index (χ3v) is 3.20. The maximum atomic E-state index is 11.5. The number of amides is 1. The molecule has 0 radical (unpaired) electrons. The molecule has 0 atom stereocenters. The molecule has 0 fully saturated rings. The molecule has 0 aliphatic rings. The van der Waals surface area contributed by atoms with E-state index in [2.05, 4.69) is 5.32 Å². The van der Waals surface area contributed by atoms with Crippen molar-refractivity contribution in [1.29, 1.82) is 0 Å². The quantitative estimate of drug-likeness (QED) is 0.720. The van der Waals surface area contributed by atoms with Crippen LogP contribution in [-0.2, 0) is 4.74 Å². The topological polar surface area (TPSA) is 88.0 Å². The van der Waals surface area contributed by atoms with Crippen LogP contribution in [0.4, 0.5) is 4.79 Å². The lowest BCUT2D eigenvalue weighted by Gasteiger charge is -2.19. The van der Waals surface area contributed by atoms with Crippen molar-refractivity contribution >= 4 is 6.09 Å². The number of alkyl carbamates (subject to hydrolysis) is 1. The zero-order valence-corrected chi connectivity index (χ0v) is 14.6. The van der Waals surface area contributed by atoms with Crippen molar-refractivity contribution in [3.63, 3.8) is 0 Å². The summed E-state index contributed by atoms with van der Waals surface area (Å²) in [5.74, 6) is 0.389. The molecule has 0 spiro atoms. The van der Waals surface area contributed by atoms with E-state index in [-0.39, 0.29) is 24.7 Å². The highest BCUT2D eigenvalue weighted by atomic mass is 16.6. The zero-order valence-electron chi connectivity index (χ0n) is 14.6. The molecule has 6 heteroatoms. The Balaban J connectivity index is 1.90. The maximum Gasteiger partial charge on any atom is 0.407 e. The largest absolute Gasteiger partial charge is 0.507 e. The van der Waals surface area contributed by atoms with Crippen molar-refractivity contribution in [2.45, 2.75) is 26.4 Å². The van der Waals surface area contributed by atoms with Crippen LogP contribution in [0.1, 0.15) is 20.8 Å². The van der Waals surface area contributed by atoms with Crippen LogP contribution in [-0.4, -0.2) is 35.1 Å². The smallest absolute Gasteiger partial charge is 0.407 e. The standard InChI is InChI=1S/C19H23NO5/c1-19(2,3)25-18(23)20-10-11-24-17-9-8-13(12-16(17)22)14-6-4-5-7-15(14)21/h4-9,12,21-22H,10-11H2,1-3H3,(H,20,23). The Labute approximate surface area is 147 Å². The summed E-state index contributed by atoms with van der Waals surface area (Å²) in [7, 11) is 0. The van der Waals surface area contributed by atoms with E-state index in [0.717, 1.165) is 0 Å². The van der Waals surface area contributed by atoms with Gasteiger partial charge in [-0.15, -0.1) is 0 Å². The molecule has 3 N–H and O–H groups in total. The van der Waals surface area contributed by atoms with Crippen LogP contribution in [0.2, 0.25) is 0 Å². The van der Waals surface area contributed by atoms with E-state index in [1.165, 1.54) is 6.07 Å². The Morgan fingerprint density at radius 3 is 2.44 bits per heavy atom. The lowest BCUT2D eigenvalue weighted by Crippen LogP contribution is -2.34. The van der Waals surface area contributed by atoms with Gasteiger partial charge in [-0.25, -0.2) is 4.79 Å². The fourth-order valence-corrected chi connectivity index (χ4v) is 2.15. The van der Waals surface area contributed by atoms with Gasteiger partial charge in [0, 0.05) is 5.56 Å². The van der Waals surface area contributed by atoms with E-state index in [1.54, 1.807) is 57.2 Å². The second-order valence-electron chi connectivity index (χ2n) is 6.48. The van der Waals surface area contributed by atoms with Crippen molar-refractivity contribution in [2.24, 2.45) is 0 Å². The number of phenols is 2. The predicted octanol–water partition coefficient (Wildman–Crippen LogP) is 3.67. The number of rotatable bonds is 5. The molecule has 0 saturated heterocycles. The first-order chi connectivity index (χ1) is 11.8. The van der Waals surface area contributed by atoms with Gasteiger partial charge in [0.2, 0.25) is 0 Å². The Bertz CT molecular complexity index is 737. The number of hydrogen-bond donors (Lipinski definition) is 3. The zero-order chi connectivity index (χ0) is 18.4. The molecule has 2 aromatic carbocycles. The number of benzene rings is 2. The predicted molar refractivity (Wildman–Crippen MR) is 94.9 cm³/mol. The van der Waals surface area contributed by atoms with Crippen LogP contribution >= 0.6 is 0 Å². The summed E-state index contributed by atoms with van der Waals surface area (Å²) in [6, 6.07) is 11.8. The molecule has 0 saturated carbocycles. The first-order valence-electron chi connectivity index (χ1n) is 7.97. The molecule has 0 heterocycles. The van der Waals surface area contributed by atoms with Crippen LogP contribution in [0.25, 0.3) is 11.1 Å². The molecule has 0 bridgehead atoms. The second kappa shape index (κ2) is 7.79. The average Bonchev–Trinajstić information content (AvgIpc) is 2.51. The molecule has 1 amide bonds. The van der Waals surface area contributed by atoms with E-state index in [9.17, 15) is 15.0 Å². The molecule has 25 heavy (non-hydrogen) atoms. The van der Waals surface area contributed by atoms with Gasteiger partial charge in [0.15, 0.2) is 11.5 Å². The summed E-state index contributed by atoms with van der Waals surface area (Å²) in [5.41, 5.74) is 0.743. The van der Waals surface area contributed by atoms with Crippen molar-refractivity contribution in [3.8, 4) is 28.4 Å². The van der Waals surface area contributed by atoms with E-state index in [1.807, 2.05) is 0 Å². The summed E-state index contributed by atoms with van der Waals surface area (Å²) in [5, 5.41) is 22.5. The number of phenolic OH excluding ortho intramolecular Hbond substituents is 2. The first-order valence-corrected chi connectivity index (χ1v) is 7.97. The Morgan fingerprint density at radius 1 is 1.08 bits per heavy atom. The Hall–Kier alpha value is -2.89. The number of ether oxygens (including phenoxy) is 2.